The Morgan fingerprint density at radius 2 is 2.19 bits per heavy atom. The van der Waals surface area contributed by atoms with Gasteiger partial charge in [-0.25, -0.2) is 8.42 Å². The zero-order valence-corrected chi connectivity index (χ0v) is 12.9. The molecule has 0 aliphatic carbocycles. The first-order chi connectivity index (χ1) is 9.89. The predicted molar refractivity (Wildman–Crippen MR) is 80.1 cm³/mol. The van der Waals surface area contributed by atoms with Gasteiger partial charge in [0, 0.05) is 6.54 Å². The summed E-state index contributed by atoms with van der Waals surface area (Å²) < 4.78 is 28.2. The fourth-order valence-electron chi connectivity index (χ4n) is 2.10. The van der Waals surface area contributed by atoms with Gasteiger partial charge in [0.25, 0.3) is 5.91 Å². The van der Waals surface area contributed by atoms with Gasteiger partial charge < -0.3 is 15.8 Å². The van der Waals surface area contributed by atoms with Crippen LogP contribution in [0.5, 0.6) is 5.75 Å². The van der Waals surface area contributed by atoms with Gasteiger partial charge in [-0.05, 0) is 17.7 Å². The Hall–Kier alpha value is -1.31. The maximum atomic E-state index is 11.8. The molecule has 1 amide bonds. The van der Waals surface area contributed by atoms with Crippen LogP contribution < -0.4 is 15.8 Å². The summed E-state index contributed by atoms with van der Waals surface area (Å²) in [4.78, 5) is 11.8. The molecular formula is C13H17ClN2O4S. The van der Waals surface area contributed by atoms with E-state index in [1.54, 1.807) is 18.2 Å². The number of halogens is 1. The Labute approximate surface area is 128 Å². The molecule has 1 aromatic carbocycles. The standard InChI is InChI=1S/C13H17ClN2O4S/c14-11-7-21(18,19)8-12(11)16-13(17)6-20-10-3-1-2-9(4-10)5-15/h1-4,11-12H,5-8,15H2,(H,16,17). The third kappa shape index (κ3) is 4.59. The molecule has 1 fully saturated rings. The molecule has 1 aromatic rings. The Morgan fingerprint density at radius 3 is 2.81 bits per heavy atom. The summed E-state index contributed by atoms with van der Waals surface area (Å²) >= 11 is 5.91. The second-order valence-electron chi connectivity index (χ2n) is 4.91. The molecule has 1 aliphatic rings. The minimum Gasteiger partial charge on any atom is -0.484 e. The number of alkyl halides is 1. The highest BCUT2D eigenvalue weighted by Crippen LogP contribution is 2.18. The second-order valence-corrected chi connectivity index (χ2v) is 7.62. The average molecular weight is 333 g/mol. The molecule has 6 nitrogen and oxygen atoms in total. The molecule has 0 bridgehead atoms. The molecule has 116 valence electrons. The lowest BCUT2D eigenvalue weighted by Gasteiger charge is -2.14. The summed E-state index contributed by atoms with van der Waals surface area (Å²) in [5.74, 6) is -0.107. The highest BCUT2D eigenvalue weighted by molar-refractivity contribution is 7.91. The topological polar surface area (TPSA) is 98.5 Å². The number of nitrogens with one attached hydrogen (secondary N) is 1. The largest absolute Gasteiger partial charge is 0.484 e. The van der Waals surface area contributed by atoms with Gasteiger partial charge in [-0.15, -0.1) is 11.6 Å². The van der Waals surface area contributed by atoms with Crippen LogP contribution in [0.1, 0.15) is 5.56 Å². The summed E-state index contributed by atoms with van der Waals surface area (Å²) in [7, 11) is -3.17. The fourth-order valence-corrected chi connectivity index (χ4v) is 4.65. The van der Waals surface area contributed by atoms with E-state index in [1.807, 2.05) is 6.07 Å². The number of ether oxygens (including phenoxy) is 1. The molecule has 1 aliphatic heterocycles. The maximum absolute atomic E-state index is 11.8. The third-order valence-corrected chi connectivity index (χ3v) is 5.51. The predicted octanol–water partition coefficient (Wildman–Crippen LogP) is 0.0447. The maximum Gasteiger partial charge on any atom is 0.258 e. The van der Waals surface area contributed by atoms with Gasteiger partial charge in [0.05, 0.1) is 22.9 Å². The zero-order valence-electron chi connectivity index (χ0n) is 11.3. The van der Waals surface area contributed by atoms with E-state index >= 15 is 0 Å². The lowest BCUT2D eigenvalue weighted by molar-refractivity contribution is -0.123. The van der Waals surface area contributed by atoms with Gasteiger partial charge in [-0.2, -0.15) is 0 Å². The van der Waals surface area contributed by atoms with Gasteiger partial charge in [0.1, 0.15) is 5.75 Å². The minimum atomic E-state index is -3.17. The second kappa shape index (κ2) is 6.64. The van der Waals surface area contributed by atoms with Gasteiger partial charge in [-0.1, -0.05) is 12.1 Å². The van der Waals surface area contributed by atoms with Crippen molar-refractivity contribution in [1.82, 2.24) is 5.32 Å². The van der Waals surface area contributed by atoms with Crippen molar-refractivity contribution >= 4 is 27.3 Å². The first kappa shape index (κ1) is 16.1. The molecular weight excluding hydrogens is 316 g/mol. The van der Waals surface area contributed by atoms with Crippen LogP contribution in [0.4, 0.5) is 0 Å². The molecule has 0 radical (unpaired) electrons. The average Bonchev–Trinajstić information content (AvgIpc) is 2.69. The summed E-state index contributed by atoms with van der Waals surface area (Å²) in [6.07, 6.45) is 0. The molecule has 21 heavy (non-hydrogen) atoms. The number of carbonyl (C=O) groups is 1. The van der Waals surface area contributed by atoms with Gasteiger partial charge in [-0.3, -0.25) is 4.79 Å². The third-order valence-electron chi connectivity index (χ3n) is 3.13. The van der Waals surface area contributed by atoms with Crippen molar-refractivity contribution in [3.63, 3.8) is 0 Å². The first-order valence-electron chi connectivity index (χ1n) is 6.45. The van der Waals surface area contributed by atoms with E-state index in [4.69, 9.17) is 22.1 Å². The van der Waals surface area contributed by atoms with Crippen LogP contribution in [0.25, 0.3) is 0 Å². The number of benzene rings is 1. The zero-order chi connectivity index (χ0) is 15.5. The number of amides is 1. The molecule has 0 spiro atoms. The van der Waals surface area contributed by atoms with Crippen molar-refractivity contribution in [2.24, 2.45) is 5.73 Å². The number of nitrogens with two attached hydrogens (primary N) is 1. The molecule has 0 saturated carbocycles. The van der Waals surface area contributed by atoms with Crippen molar-refractivity contribution in [1.29, 1.82) is 0 Å². The molecule has 8 heteroatoms. The normalized spacial score (nSPS) is 23.7. The van der Waals surface area contributed by atoms with Crippen LogP contribution in [0.3, 0.4) is 0 Å². The van der Waals surface area contributed by atoms with Crippen LogP contribution >= 0.6 is 11.6 Å². The number of sulfone groups is 1. The highest BCUT2D eigenvalue weighted by Gasteiger charge is 2.37. The Bertz CT molecular complexity index is 620. The molecule has 0 aromatic heterocycles. The van der Waals surface area contributed by atoms with E-state index in [1.165, 1.54) is 0 Å². The molecule has 2 atom stereocenters. The lowest BCUT2D eigenvalue weighted by Crippen LogP contribution is -2.42. The number of hydrogen-bond donors (Lipinski definition) is 2. The van der Waals surface area contributed by atoms with E-state index in [0.717, 1.165) is 5.56 Å². The van der Waals surface area contributed by atoms with E-state index in [0.29, 0.717) is 12.3 Å². The van der Waals surface area contributed by atoms with Crippen molar-refractivity contribution in [2.75, 3.05) is 18.1 Å². The Morgan fingerprint density at radius 1 is 1.43 bits per heavy atom. The van der Waals surface area contributed by atoms with E-state index in [-0.39, 0.29) is 18.1 Å². The number of carbonyl (C=O) groups excluding carboxylic acids is 1. The van der Waals surface area contributed by atoms with Crippen LogP contribution in [0, 0.1) is 0 Å². The van der Waals surface area contributed by atoms with Crippen molar-refractivity contribution < 1.29 is 17.9 Å². The Balaban J connectivity index is 1.85. The Kier molecular flexibility index (Phi) is 5.08. The van der Waals surface area contributed by atoms with Crippen LogP contribution in [-0.4, -0.2) is 43.9 Å². The lowest BCUT2D eigenvalue weighted by atomic mass is 10.2. The quantitative estimate of drug-likeness (QED) is 0.742. The first-order valence-corrected chi connectivity index (χ1v) is 8.71. The van der Waals surface area contributed by atoms with Gasteiger partial charge >= 0.3 is 0 Å². The summed E-state index contributed by atoms with van der Waals surface area (Å²) in [6, 6.07) is 6.54. The van der Waals surface area contributed by atoms with Crippen molar-refractivity contribution in [3.05, 3.63) is 29.8 Å². The van der Waals surface area contributed by atoms with Crippen LogP contribution in [0.2, 0.25) is 0 Å². The smallest absolute Gasteiger partial charge is 0.258 e. The summed E-state index contributed by atoms with van der Waals surface area (Å²) in [5.41, 5.74) is 6.42. The van der Waals surface area contributed by atoms with Crippen molar-refractivity contribution in [3.8, 4) is 5.75 Å². The number of hydrogen-bond acceptors (Lipinski definition) is 5. The summed E-state index contributed by atoms with van der Waals surface area (Å²) in [5, 5.41) is 1.99. The number of rotatable bonds is 5. The van der Waals surface area contributed by atoms with Gasteiger partial charge in [0.15, 0.2) is 16.4 Å². The van der Waals surface area contributed by atoms with E-state index < -0.39 is 27.2 Å². The van der Waals surface area contributed by atoms with Crippen LogP contribution in [0.15, 0.2) is 24.3 Å². The molecule has 3 N–H and O–H groups in total. The highest BCUT2D eigenvalue weighted by atomic mass is 35.5. The van der Waals surface area contributed by atoms with E-state index in [9.17, 15) is 13.2 Å². The molecule has 2 rings (SSSR count). The SMILES string of the molecule is NCc1cccc(OCC(=O)NC2CS(=O)(=O)CC2Cl)c1. The van der Waals surface area contributed by atoms with E-state index in [2.05, 4.69) is 5.32 Å². The molecule has 1 heterocycles. The van der Waals surface area contributed by atoms with Crippen molar-refractivity contribution in [2.45, 2.75) is 18.0 Å². The summed E-state index contributed by atoms with van der Waals surface area (Å²) in [6.45, 7) is 0.186. The molecule has 2 unspecified atom stereocenters. The monoisotopic (exact) mass is 332 g/mol. The van der Waals surface area contributed by atoms with Gasteiger partial charge in [0.2, 0.25) is 0 Å². The molecule has 1 saturated heterocycles. The fraction of sp³-hybridized carbons (Fsp3) is 0.462. The minimum absolute atomic E-state index is 0.112. The van der Waals surface area contributed by atoms with Crippen LogP contribution in [-0.2, 0) is 21.2 Å².